The first-order valence-electron chi connectivity index (χ1n) is 9.36. The molecule has 0 aliphatic rings. The zero-order valence-electron chi connectivity index (χ0n) is 16.2. The Labute approximate surface area is 172 Å². The molecule has 4 rings (SSSR count). The van der Waals surface area contributed by atoms with Gasteiger partial charge in [-0.2, -0.15) is 5.26 Å². The van der Waals surface area contributed by atoms with Crippen LogP contribution in [-0.4, -0.2) is 4.57 Å². The Morgan fingerprint density at radius 3 is 2.33 bits per heavy atom. The SMILES string of the molecule is Cc1ccc(/C(C#N)=C/c2cn(Cc3ccc(F)cc3)c3cc(F)cc(F)c23)cc1. The van der Waals surface area contributed by atoms with Gasteiger partial charge in [-0.05, 0) is 42.3 Å². The molecule has 0 amide bonds. The molecule has 4 aromatic rings. The van der Waals surface area contributed by atoms with Crippen LogP contribution in [0.5, 0.6) is 0 Å². The van der Waals surface area contributed by atoms with Crippen molar-refractivity contribution in [3.05, 3.63) is 107 Å². The molecule has 0 atom stereocenters. The standard InChI is InChI=1S/C25H17F3N2/c1-16-2-6-18(7-3-16)19(13-29)10-20-15-30(14-17-4-8-21(26)9-5-17)24-12-22(27)11-23(28)25(20)24/h2-12,15H,14H2,1H3/b19-10+. The summed E-state index contributed by atoms with van der Waals surface area (Å²) in [5, 5.41) is 9.88. The van der Waals surface area contributed by atoms with E-state index in [1.165, 1.54) is 18.2 Å². The third kappa shape index (κ3) is 3.85. The molecule has 0 spiro atoms. The van der Waals surface area contributed by atoms with E-state index in [1.807, 2.05) is 31.2 Å². The molecule has 0 bridgehead atoms. The van der Waals surface area contributed by atoms with Crippen molar-refractivity contribution in [2.45, 2.75) is 13.5 Å². The summed E-state index contributed by atoms with van der Waals surface area (Å²) in [7, 11) is 0. The van der Waals surface area contributed by atoms with E-state index in [2.05, 4.69) is 6.07 Å². The average molecular weight is 402 g/mol. The van der Waals surface area contributed by atoms with Gasteiger partial charge in [-0.3, -0.25) is 0 Å². The number of aromatic nitrogens is 1. The number of nitriles is 1. The Hall–Kier alpha value is -3.78. The van der Waals surface area contributed by atoms with Gasteiger partial charge in [0.1, 0.15) is 17.5 Å². The van der Waals surface area contributed by atoms with Crippen molar-refractivity contribution in [1.82, 2.24) is 4.57 Å². The quantitative estimate of drug-likeness (QED) is 0.359. The molecular formula is C25H17F3N2. The fourth-order valence-electron chi connectivity index (χ4n) is 3.47. The van der Waals surface area contributed by atoms with Crippen LogP contribution in [0.3, 0.4) is 0 Å². The van der Waals surface area contributed by atoms with E-state index < -0.39 is 11.6 Å². The second-order valence-electron chi connectivity index (χ2n) is 7.16. The second-order valence-corrected chi connectivity index (χ2v) is 7.16. The first-order chi connectivity index (χ1) is 14.4. The largest absolute Gasteiger partial charge is 0.342 e. The average Bonchev–Trinajstić information content (AvgIpc) is 3.06. The van der Waals surface area contributed by atoms with Gasteiger partial charge in [0.05, 0.1) is 17.2 Å². The van der Waals surface area contributed by atoms with Crippen LogP contribution in [0.25, 0.3) is 22.6 Å². The minimum atomic E-state index is -0.699. The number of fused-ring (bicyclic) bond motifs is 1. The number of nitrogens with zero attached hydrogens (tertiary/aromatic N) is 2. The number of aryl methyl sites for hydroxylation is 1. The highest BCUT2D eigenvalue weighted by Crippen LogP contribution is 2.30. The summed E-state index contributed by atoms with van der Waals surface area (Å²) in [5.41, 5.74) is 3.77. The normalized spacial score (nSPS) is 11.6. The number of halogens is 3. The van der Waals surface area contributed by atoms with E-state index in [-0.39, 0.29) is 11.2 Å². The molecule has 30 heavy (non-hydrogen) atoms. The molecular weight excluding hydrogens is 385 g/mol. The number of rotatable bonds is 4. The molecule has 2 nitrogen and oxygen atoms in total. The summed E-state index contributed by atoms with van der Waals surface area (Å²) in [6.07, 6.45) is 3.29. The van der Waals surface area contributed by atoms with Crippen LogP contribution in [0.4, 0.5) is 13.2 Å². The van der Waals surface area contributed by atoms with Gasteiger partial charge in [0.2, 0.25) is 0 Å². The lowest BCUT2D eigenvalue weighted by Gasteiger charge is -2.06. The molecule has 148 valence electrons. The zero-order chi connectivity index (χ0) is 21.3. The first-order valence-corrected chi connectivity index (χ1v) is 9.36. The van der Waals surface area contributed by atoms with Gasteiger partial charge in [0, 0.05) is 29.8 Å². The molecule has 0 saturated heterocycles. The zero-order valence-corrected chi connectivity index (χ0v) is 16.2. The molecule has 0 aliphatic carbocycles. The van der Waals surface area contributed by atoms with Gasteiger partial charge < -0.3 is 4.57 Å². The smallest absolute Gasteiger partial charge is 0.136 e. The number of hydrogen-bond acceptors (Lipinski definition) is 1. The topological polar surface area (TPSA) is 28.7 Å². The molecule has 0 saturated carbocycles. The maximum absolute atomic E-state index is 14.7. The van der Waals surface area contributed by atoms with E-state index in [1.54, 1.807) is 29.0 Å². The summed E-state index contributed by atoms with van der Waals surface area (Å²) in [6, 6.07) is 17.6. The van der Waals surface area contributed by atoms with E-state index in [0.717, 1.165) is 17.2 Å². The molecule has 0 radical (unpaired) electrons. The summed E-state index contributed by atoms with van der Waals surface area (Å²) in [5.74, 6) is -1.74. The highest BCUT2D eigenvalue weighted by molar-refractivity contribution is 5.98. The van der Waals surface area contributed by atoms with Gasteiger partial charge in [-0.25, -0.2) is 13.2 Å². The van der Waals surface area contributed by atoms with Crippen molar-refractivity contribution in [2.24, 2.45) is 0 Å². The Morgan fingerprint density at radius 2 is 1.67 bits per heavy atom. The van der Waals surface area contributed by atoms with Crippen LogP contribution in [0, 0.1) is 35.7 Å². The lowest BCUT2D eigenvalue weighted by atomic mass is 10.0. The molecule has 0 aliphatic heterocycles. The Kier molecular flexibility index (Phi) is 5.16. The van der Waals surface area contributed by atoms with Crippen molar-refractivity contribution in [2.75, 3.05) is 0 Å². The molecule has 1 aromatic heterocycles. The van der Waals surface area contributed by atoms with Crippen LogP contribution in [-0.2, 0) is 6.54 Å². The summed E-state index contributed by atoms with van der Waals surface area (Å²) in [6.45, 7) is 2.26. The number of hydrogen-bond donors (Lipinski definition) is 0. The fraction of sp³-hybridized carbons (Fsp3) is 0.0800. The number of benzene rings is 3. The predicted molar refractivity (Wildman–Crippen MR) is 112 cm³/mol. The molecule has 0 N–H and O–H groups in total. The van der Waals surface area contributed by atoms with Crippen molar-refractivity contribution < 1.29 is 13.2 Å². The minimum Gasteiger partial charge on any atom is -0.342 e. The lowest BCUT2D eigenvalue weighted by Crippen LogP contribution is -1.98. The molecule has 0 fully saturated rings. The van der Waals surface area contributed by atoms with Crippen LogP contribution in [0.15, 0.2) is 66.9 Å². The fourth-order valence-corrected chi connectivity index (χ4v) is 3.47. The third-order valence-electron chi connectivity index (χ3n) is 4.98. The lowest BCUT2D eigenvalue weighted by molar-refractivity contribution is 0.591. The van der Waals surface area contributed by atoms with Crippen molar-refractivity contribution in [1.29, 1.82) is 5.26 Å². The van der Waals surface area contributed by atoms with Crippen molar-refractivity contribution in [3.8, 4) is 6.07 Å². The summed E-state index contributed by atoms with van der Waals surface area (Å²) < 4.78 is 43.6. The van der Waals surface area contributed by atoms with Gasteiger partial charge in [-0.1, -0.05) is 42.0 Å². The molecule has 5 heteroatoms. The van der Waals surface area contributed by atoms with E-state index in [4.69, 9.17) is 0 Å². The maximum atomic E-state index is 14.7. The maximum Gasteiger partial charge on any atom is 0.136 e. The van der Waals surface area contributed by atoms with Crippen LogP contribution < -0.4 is 0 Å². The third-order valence-corrected chi connectivity index (χ3v) is 4.98. The first kappa shape index (κ1) is 19.5. The van der Waals surface area contributed by atoms with Crippen LogP contribution in [0.1, 0.15) is 22.3 Å². The van der Waals surface area contributed by atoms with Crippen LogP contribution >= 0.6 is 0 Å². The van der Waals surface area contributed by atoms with E-state index >= 15 is 0 Å². The van der Waals surface area contributed by atoms with E-state index in [9.17, 15) is 18.4 Å². The van der Waals surface area contributed by atoms with Gasteiger partial charge >= 0.3 is 0 Å². The highest BCUT2D eigenvalue weighted by Gasteiger charge is 2.15. The Bertz CT molecular complexity index is 1290. The van der Waals surface area contributed by atoms with Gasteiger partial charge in [-0.15, -0.1) is 0 Å². The highest BCUT2D eigenvalue weighted by atomic mass is 19.1. The van der Waals surface area contributed by atoms with Gasteiger partial charge in [0.25, 0.3) is 0 Å². The predicted octanol–water partition coefficient (Wildman–Crippen LogP) is 6.48. The minimum absolute atomic E-state index is 0.235. The Balaban J connectivity index is 1.86. The molecule has 1 heterocycles. The monoisotopic (exact) mass is 402 g/mol. The summed E-state index contributed by atoms with van der Waals surface area (Å²) in [4.78, 5) is 0. The van der Waals surface area contributed by atoms with Gasteiger partial charge in [0.15, 0.2) is 0 Å². The second kappa shape index (κ2) is 7.92. The number of allylic oxidation sites excluding steroid dienone is 1. The molecule has 3 aromatic carbocycles. The van der Waals surface area contributed by atoms with Crippen LogP contribution in [0.2, 0.25) is 0 Å². The molecule has 0 unspecified atom stereocenters. The van der Waals surface area contributed by atoms with E-state index in [0.29, 0.717) is 28.8 Å². The van der Waals surface area contributed by atoms with Crippen molar-refractivity contribution >= 4 is 22.6 Å². The Morgan fingerprint density at radius 1 is 0.967 bits per heavy atom. The summed E-state index contributed by atoms with van der Waals surface area (Å²) >= 11 is 0. The van der Waals surface area contributed by atoms with Crippen molar-refractivity contribution in [3.63, 3.8) is 0 Å².